The number of halogens is 6. The van der Waals surface area contributed by atoms with Crippen molar-refractivity contribution in [2.45, 2.75) is 77.1 Å². The average molecular weight is 687 g/mol. The monoisotopic (exact) mass is 684 g/mol. The SMILES string of the molecule is CC(C)(C)[Si](C)(C)OCC1O[C@@H](OCCNC(=O)OCC(Cl)(Cl)Cl)C(NC(=O)OCC(Cl)(Cl)Cl)[C@@H](O)[C@@H]1O. The molecule has 0 radical (unpaired) electrons. The number of nitrogens with one attached hydrogen (secondary N) is 2. The summed E-state index contributed by atoms with van der Waals surface area (Å²) in [6, 6.07) is -1.30. The first-order chi connectivity index (χ1) is 17.1. The van der Waals surface area contributed by atoms with Gasteiger partial charge in [-0.15, -0.1) is 0 Å². The van der Waals surface area contributed by atoms with E-state index in [0.717, 1.165) is 0 Å². The lowest BCUT2D eigenvalue weighted by Gasteiger charge is -2.44. The van der Waals surface area contributed by atoms with E-state index in [4.69, 9.17) is 93.0 Å². The number of aliphatic hydroxyl groups excluding tert-OH is 2. The number of carbonyl (C=O) groups excluding carboxylic acids is 2. The lowest BCUT2D eigenvalue weighted by Crippen LogP contribution is -2.65. The molecule has 18 heteroatoms. The van der Waals surface area contributed by atoms with Gasteiger partial charge in [0.1, 0.15) is 37.6 Å². The average Bonchev–Trinajstić information content (AvgIpc) is 2.75. The predicted octanol–water partition coefficient (Wildman–Crippen LogP) is 4.03. The standard InChI is InChI=1S/C20H34Cl6N2O9Si/c1-18(2,3)38(4,5)36-8-11-13(29)14(30)12(28-17(32)35-10-20(24,25)26)15(37-11)33-7-6-27-16(31)34-9-19(21,22)23/h11-15,29-30H,6-10H2,1-5H3,(H,27,31)(H,28,32)/t11?,12?,13-,14-,15-/m1/s1. The molecule has 5 atom stereocenters. The molecule has 4 N–H and O–H groups in total. The molecule has 0 aliphatic carbocycles. The first-order valence-corrected chi connectivity index (χ1v) is 16.5. The summed E-state index contributed by atoms with van der Waals surface area (Å²) in [6.07, 6.45) is -7.22. The van der Waals surface area contributed by atoms with E-state index >= 15 is 0 Å². The zero-order valence-electron chi connectivity index (χ0n) is 21.4. The van der Waals surface area contributed by atoms with Gasteiger partial charge in [-0.1, -0.05) is 90.4 Å². The van der Waals surface area contributed by atoms with Crippen molar-refractivity contribution in [2.24, 2.45) is 0 Å². The lowest BCUT2D eigenvalue weighted by molar-refractivity contribution is -0.268. The van der Waals surface area contributed by atoms with Crippen LogP contribution in [0.25, 0.3) is 0 Å². The van der Waals surface area contributed by atoms with Crippen LogP contribution in [0, 0.1) is 0 Å². The maximum Gasteiger partial charge on any atom is 0.407 e. The molecule has 224 valence electrons. The molecule has 1 heterocycles. The highest BCUT2D eigenvalue weighted by molar-refractivity contribution is 6.74. The Labute approximate surface area is 253 Å². The predicted molar refractivity (Wildman–Crippen MR) is 148 cm³/mol. The van der Waals surface area contributed by atoms with Gasteiger partial charge in [-0.2, -0.15) is 0 Å². The van der Waals surface area contributed by atoms with Crippen molar-refractivity contribution in [3.63, 3.8) is 0 Å². The van der Waals surface area contributed by atoms with Crippen molar-refractivity contribution in [1.82, 2.24) is 10.6 Å². The second-order valence-electron chi connectivity index (χ2n) is 9.95. The van der Waals surface area contributed by atoms with Gasteiger partial charge >= 0.3 is 12.2 Å². The molecular weight excluding hydrogens is 653 g/mol. The fourth-order valence-electron chi connectivity index (χ4n) is 2.72. The number of hydrogen-bond acceptors (Lipinski definition) is 9. The molecule has 11 nitrogen and oxygen atoms in total. The molecule has 2 unspecified atom stereocenters. The van der Waals surface area contributed by atoms with Gasteiger partial charge in [0.2, 0.25) is 7.59 Å². The van der Waals surface area contributed by atoms with Crippen LogP contribution in [0.2, 0.25) is 18.1 Å². The Bertz CT molecular complexity index is 780. The van der Waals surface area contributed by atoms with Crippen LogP contribution in [0.3, 0.4) is 0 Å². The molecule has 0 aromatic heterocycles. The minimum Gasteiger partial charge on any atom is -0.445 e. The van der Waals surface area contributed by atoms with Crippen LogP contribution in [0.5, 0.6) is 0 Å². The summed E-state index contributed by atoms with van der Waals surface area (Å²) in [4.78, 5) is 24.0. The van der Waals surface area contributed by atoms with Crippen LogP contribution < -0.4 is 10.6 Å². The summed E-state index contributed by atoms with van der Waals surface area (Å²) in [7, 11) is -2.23. The second-order valence-corrected chi connectivity index (χ2v) is 19.8. The molecule has 0 spiro atoms. The van der Waals surface area contributed by atoms with Crippen molar-refractivity contribution in [3.8, 4) is 0 Å². The molecular formula is C20H34Cl6N2O9Si. The third kappa shape index (κ3) is 13.3. The molecule has 1 saturated heterocycles. The van der Waals surface area contributed by atoms with Gasteiger partial charge in [0, 0.05) is 6.54 Å². The Kier molecular flexibility index (Phi) is 14.3. The highest BCUT2D eigenvalue weighted by Gasteiger charge is 2.47. The van der Waals surface area contributed by atoms with Gasteiger partial charge in [-0.25, -0.2) is 9.59 Å². The lowest BCUT2D eigenvalue weighted by atomic mass is 9.97. The van der Waals surface area contributed by atoms with E-state index in [1.165, 1.54) is 0 Å². The smallest absolute Gasteiger partial charge is 0.407 e. The van der Waals surface area contributed by atoms with Gasteiger partial charge in [0.05, 0.1) is 13.2 Å². The van der Waals surface area contributed by atoms with Crippen molar-refractivity contribution < 1.29 is 43.2 Å². The molecule has 0 bridgehead atoms. The minimum atomic E-state index is -2.23. The van der Waals surface area contributed by atoms with E-state index in [0.29, 0.717) is 0 Å². The number of aliphatic hydroxyl groups is 2. The summed E-state index contributed by atoms with van der Waals surface area (Å²) < 4.78 is 23.6. The number of alkyl halides is 6. The molecule has 0 saturated carbocycles. The second kappa shape index (κ2) is 15.0. The summed E-state index contributed by atoms with van der Waals surface area (Å²) in [5, 5.41) is 26.1. The van der Waals surface area contributed by atoms with E-state index in [2.05, 4.69) is 10.6 Å². The Morgan fingerprint density at radius 2 is 1.45 bits per heavy atom. The summed E-state index contributed by atoms with van der Waals surface area (Å²) in [5.74, 6) is 0. The minimum absolute atomic E-state index is 0.0411. The van der Waals surface area contributed by atoms with E-state index in [1.807, 2.05) is 33.9 Å². The summed E-state index contributed by atoms with van der Waals surface area (Å²) >= 11 is 33.4. The maximum atomic E-state index is 12.2. The number of alkyl carbamates (subject to hydrolysis) is 2. The fourth-order valence-corrected chi connectivity index (χ4v) is 4.06. The summed E-state index contributed by atoms with van der Waals surface area (Å²) in [5.41, 5.74) is 0. The Balaban J connectivity index is 2.86. The van der Waals surface area contributed by atoms with E-state index in [-0.39, 0.29) is 24.8 Å². The third-order valence-corrected chi connectivity index (χ3v) is 10.9. The van der Waals surface area contributed by atoms with Crippen molar-refractivity contribution >= 4 is 90.1 Å². The van der Waals surface area contributed by atoms with Gasteiger partial charge in [0.25, 0.3) is 0 Å². The zero-order chi connectivity index (χ0) is 29.5. The number of ether oxygens (including phenoxy) is 4. The number of rotatable bonds is 10. The van der Waals surface area contributed by atoms with E-state index < -0.39 is 71.9 Å². The first kappa shape index (κ1) is 36.3. The largest absolute Gasteiger partial charge is 0.445 e. The van der Waals surface area contributed by atoms with Gasteiger partial charge < -0.3 is 44.2 Å². The Morgan fingerprint density at radius 3 is 1.95 bits per heavy atom. The Morgan fingerprint density at radius 1 is 0.921 bits per heavy atom. The van der Waals surface area contributed by atoms with Crippen LogP contribution >= 0.6 is 69.6 Å². The number of hydrogen-bond donors (Lipinski definition) is 4. The molecule has 1 aliphatic rings. The molecule has 1 rings (SSSR count). The van der Waals surface area contributed by atoms with Crippen LogP contribution in [-0.2, 0) is 23.4 Å². The van der Waals surface area contributed by atoms with Crippen molar-refractivity contribution in [1.29, 1.82) is 0 Å². The summed E-state index contributed by atoms with van der Waals surface area (Å²) in [6.45, 7) is 8.85. The highest BCUT2D eigenvalue weighted by Crippen LogP contribution is 2.37. The highest BCUT2D eigenvalue weighted by atomic mass is 35.6. The molecule has 1 aliphatic heterocycles. The number of amides is 2. The van der Waals surface area contributed by atoms with Crippen LogP contribution in [-0.4, -0.2) is 102 Å². The molecule has 2 amide bonds. The topological polar surface area (TPSA) is 145 Å². The van der Waals surface area contributed by atoms with Crippen molar-refractivity contribution in [2.75, 3.05) is 33.0 Å². The first-order valence-electron chi connectivity index (χ1n) is 11.4. The quantitative estimate of drug-likeness (QED) is 0.152. The van der Waals surface area contributed by atoms with Crippen LogP contribution in [0.1, 0.15) is 20.8 Å². The van der Waals surface area contributed by atoms with Gasteiger partial charge in [0.15, 0.2) is 14.6 Å². The third-order valence-electron chi connectivity index (χ3n) is 5.79. The van der Waals surface area contributed by atoms with Crippen molar-refractivity contribution in [3.05, 3.63) is 0 Å². The van der Waals surface area contributed by atoms with Gasteiger partial charge in [-0.3, -0.25) is 0 Å². The maximum absolute atomic E-state index is 12.2. The molecule has 1 fully saturated rings. The Hall–Kier alpha value is 0.297. The normalized spacial score (nSPS) is 25.0. The van der Waals surface area contributed by atoms with E-state index in [1.54, 1.807) is 0 Å². The van der Waals surface area contributed by atoms with E-state index in [9.17, 15) is 19.8 Å². The van der Waals surface area contributed by atoms with Crippen LogP contribution in [0.15, 0.2) is 0 Å². The fraction of sp³-hybridized carbons (Fsp3) is 0.900. The van der Waals surface area contributed by atoms with Gasteiger partial charge in [-0.05, 0) is 18.1 Å². The van der Waals surface area contributed by atoms with Crippen LogP contribution in [0.4, 0.5) is 9.59 Å². The zero-order valence-corrected chi connectivity index (χ0v) is 27.0. The number of carbonyl (C=O) groups is 2. The molecule has 0 aromatic rings. The molecule has 38 heavy (non-hydrogen) atoms. The molecule has 0 aromatic carbocycles.